The Labute approximate surface area is 142 Å². The van der Waals surface area contributed by atoms with Crippen LogP contribution in [0.2, 0.25) is 0 Å². The maximum Gasteiger partial charge on any atom is 0.250 e. The van der Waals surface area contributed by atoms with E-state index in [1.807, 2.05) is 22.3 Å². The number of fused-ring (bicyclic) bond motifs is 1. The van der Waals surface area contributed by atoms with Gasteiger partial charge in [-0.15, -0.1) is 11.3 Å². The second-order valence-electron chi connectivity index (χ2n) is 5.62. The quantitative estimate of drug-likeness (QED) is 0.711. The topological polar surface area (TPSA) is 56.1 Å². The van der Waals surface area contributed by atoms with Crippen molar-refractivity contribution >= 4 is 11.3 Å². The molecule has 1 atom stereocenters. The Morgan fingerprint density at radius 3 is 3.04 bits per heavy atom. The van der Waals surface area contributed by atoms with Crippen molar-refractivity contribution in [3.63, 3.8) is 0 Å². The first-order valence-corrected chi connectivity index (χ1v) is 8.54. The van der Waals surface area contributed by atoms with E-state index in [4.69, 9.17) is 4.74 Å². The van der Waals surface area contributed by atoms with E-state index in [1.165, 1.54) is 12.3 Å². The molecule has 4 heterocycles. The number of hydrogen-bond donors (Lipinski definition) is 0. The van der Waals surface area contributed by atoms with Gasteiger partial charge in [0.25, 0.3) is 0 Å². The Hall–Kier alpha value is -2.32. The van der Waals surface area contributed by atoms with Gasteiger partial charge in [0.1, 0.15) is 11.6 Å². The van der Waals surface area contributed by atoms with Gasteiger partial charge in [-0.3, -0.25) is 9.58 Å². The average molecular weight is 345 g/mol. The Kier molecular flexibility index (Phi) is 4.22. The third-order valence-corrected chi connectivity index (χ3v) is 4.70. The highest BCUT2D eigenvalue weighted by Crippen LogP contribution is 2.23. The zero-order valence-corrected chi connectivity index (χ0v) is 13.7. The van der Waals surface area contributed by atoms with Crippen molar-refractivity contribution in [3.8, 4) is 5.88 Å². The van der Waals surface area contributed by atoms with Gasteiger partial charge in [0.2, 0.25) is 5.88 Å². The monoisotopic (exact) mass is 345 g/mol. The standard InChI is InChI=1S/C16H16FN5OS/c17-14-2-1-4-19-16(14)23-11-13-9-21(10-15-18-6-7-24-15)8-12-3-5-20-22(12)13/h1-7,13H,8-11H2. The zero-order valence-electron chi connectivity index (χ0n) is 12.9. The fraction of sp³-hybridized carbons (Fsp3) is 0.312. The molecule has 4 rings (SSSR count). The number of ether oxygens (including phenoxy) is 1. The molecular weight excluding hydrogens is 329 g/mol. The second kappa shape index (κ2) is 6.66. The van der Waals surface area contributed by atoms with Gasteiger partial charge in [-0.05, 0) is 18.2 Å². The summed E-state index contributed by atoms with van der Waals surface area (Å²) in [5, 5.41) is 7.45. The van der Waals surface area contributed by atoms with Crippen molar-refractivity contribution in [2.75, 3.05) is 13.2 Å². The number of pyridine rings is 1. The molecule has 0 saturated heterocycles. The molecule has 3 aromatic rings. The molecule has 24 heavy (non-hydrogen) atoms. The van der Waals surface area contributed by atoms with Crippen LogP contribution in [-0.2, 0) is 13.1 Å². The van der Waals surface area contributed by atoms with E-state index in [2.05, 4.69) is 20.0 Å². The first-order valence-electron chi connectivity index (χ1n) is 7.66. The molecule has 124 valence electrons. The minimum Gasteiger partial charge on any atom is -0.473 e. The van der Waals surface area contributed by atoms with Crippen LogP contribution in [0.3, 0.4) is 0 Å². The first-order chi connectivity index (χ1) is 11.8. The van der Waals surface area contributed by atoms with Crippen LogP contribution in [0.1, 0.15) is 16.7 Å². The van der Waals surface area contributed by atoms with Gasteiger partial charge >= 0.3 is 0 Å². The van der Waals surface area contributed by atoms with Gasteiger partial charge in [0.15, 0.2) is 5.82 Å². The molecule has 0 N–H and O–H groups in total. The van der Waals surface area contributed by atoms with Crippen molar-refractivity contribution in [2.45, 2.75) is 19.1 Å². The Morgan fingerprint density at radius 2 is 2.21 bits per heavy atom. The van der Waals surface area contributed by atoms with E-state index in [0.717, 1.165) is 30.3 Å². The molecule has 6 nitrogen and oxygen atoms in total. The van der Waals surface area contributed by atoms with E-state index >= 15 is 0 Å². The molecular formula is C16H16FN5OS. The van der Waals surface area contributed by atoms with Crippen molar-refractivity contribution in [3.05, 3.63) is 58.7 Å². The fourth-order valence-electron chi connectivity index (χ4n) is 2.88. The van der Waals surface area contributed by atoms with E-state index < -0.39 is 5.82 Å². The molecule has 0 aromatic carbocycles. The molecule has 0 saturated carbocycles. The predicted octanol–water partition coefficient (Wildman–Crippen LogP) is 2.51. The van der Waals surface area contributed by atoms with Crippen molar-refractivity contribution in [1.29, 1.82) is 0 Å². The maximum atomic E-state index is 13.7. The smallest absolute Gasteiger partial charge is 0.250 e. The van der Waals surface area contributed by atoms with Crippen LogP contribution in [0.5, 0.6) is 5.88 Å². The lowest BCUT2D eigenvalue weighted by atomic mass is 10.2. The van der Waals surface area contributed by atoms with Gasteiger partial charge in [0.05, 0.1) is 18.3 Å². The molecule has 0 aliphatic carbocycles. The highest BCUT2D eigenvalue weighted by Gasteiger charge is 2.27. The van der Waals surface area contributed by atoms with Crippen LogP contribution < -0.4 is 4.74 Å². The van der Waals surface area contributed by atoms with Crippen LogP contribution in [0, 0.1) is 5.82 Å². The van der Waals surface area contributed by atoms with Crippen molar-refractivity contribution < 1.29 is 9.13 Å². The third-order valence-electron chi connectivity index (χ3n) is 3.93. The summed E-state index contributed by atoms with van der Waals surface area (Å²) in [6.45, 7) is 2.69. The molecule has 3 aromatic heterocycles. The van der Waals surface area contributed by atoms with Gasteiger partial charge < -0.3 is 4.74 Å². The van der Waals surface area contributed by atoms with Crippen LogP contribution in [0.4, 0.5) is 4.39 Å². The summed E-state index contributed by atoms with van der Waals surface area (Å²) < 4.78 is 21.2. The van der Waals surface area contributed by atoms with E-state index in [9.17, 15) is 4.39 Å². The number of hydrogen-bond acceptors (Lipinski definition) is 6. The predicted molar refractivity (Wildman–Crippen MR) is 87.2 cm³/mol. The van der Waals surface area contributed by atoms with Gasteiger partial charge in [-0.25, -0.2) is 14.4 Å². The molecule has 0 radical (unpaired) electrons. The van der Waals surface area contributed by atoms with Gasteiger partial charge in [-0.1, -0.05) is 0 Å². The van der Waals surface area contributed by atoms with E-state index in [0.29, 0.717) is 6.61 Å². The lowest BCUT2D eigenvalue weighted by Crippen LogP contribution is -2.39. The van der Waals surface area contributed by atoms with Gasteiger partial charge in [-0.2, -0.15) is 5.10 Å². The summed E-state index contributed by atoms with van der Waals surface area (Å²) in [7, 11) is 0. The minimum absolute atomic E-state index is 0.00474. The normalized spacial score (nSPS) is 17.6. The van der Waals surface area contributed by atoms with E-state index in [1.54, 1.807) is 23.6 Å². The highest BCUT2D eigenvalue weighted by atomic mass is 32.1. The SMILES string of the molecule is Fc1cccnc1OCC1CN(Cc2nccs2)Cc2ccnn21. The number of halogens is 1. The molecule has 8 heteroatoms. The third kappa shape index (κ3) is 3.15. The first kappa shape index (κ1) is 15.2. The number of nitrogens with zero attached hydrogens (tertiary/aromatic N) is 5. The minimum atomic E-state index is -0.450. The summed E-state index contributed by atoms with van der Waals surface area (Å²) >= 11 is 1.65. The number of rotatable bonds is 5. The number of thiazole rings is 1. The molecule has 0 amide bonds. The lowest BCUT2D eigenvalue weighted by Gasteiger charge is -2.33. The Morgan fingerprint density at radius 1 is 1.25 bits per heavy atom. The molecule has 1 aliphatic rings. The second-order valence-corrected chi connectivity index (χ2v) is 6.60. The fourth-order valence-corrected chi connectivity index (χ4v) is 3.54. The molecule has 1 aliphatic heterocycles. The Bertz CT molecular complexity index is 806. The zero-order chi connectivity index (χ0) is 16.4. The highest BCUT2D eigenvalue weighted by molar-refractivity contribution is 7.09. The van der Waals surface area contributed by atoms with Crippen molar-refractivity contribution in [1.82, 2.24) is 24.6 Å². The average Bonchev–Trinajstić information content (AvgIpc) is 3.25. The van der Waals surface area contributed by atoms with Crippen LogP contribution in [0.25, 0.3) is 0 Å². The maximum absolute atomic E-state index is 13.7. The summed E-state index contributed by atoms with van der Waals surface area (Å²) in [5.41, 5.74) is 1.12. The largest absolute Gasteiger partial charge is 0.473 e. The summed E-state index contributed by atoms with van der Waals surface area (Å²) in [6.07, 6.45) is 5.13. The van der Waals surface area contributed by atoms with Crippen LogP contribution in [0.15, 0.2) is 42.2 Å². The van der Waals surface area contributed by atoms with Crippen LogP contribution in [-0.4, -0.2) is 37.8 Å². The van der Waals surface area contributed by atoms with E-state index in [-0.39, 0.29) is 11.9 Å². The summed E-state index contributed by atoms with van der Waals surface area (Å²) in [5.74, 6) is -0.420. The molecule has 1 unspecified atom stereocenters. The van der Waals surface area contributed by atoms with Crippen molar-refractivity contribution in [2.24, 2.45) is 0 Å². The molecule has 0 bridgehead atoms. The molecule has 0 spiro atoms. The van der Waals surface area contributed by atoms with Gasteiger partial charge in [0, 0.05) is 37.1 Å². The lowest BCUT2D eigenvalue weighted by molar-refractivity contribution is 0.123. The summed E-state index contributed by atoms with van der Waals surface area (Å²) in [6, 6.07) is 4.90. The summed E-state index contributed by atoms with van der Waals surface area (Å²) in [4.78, 5) is 10.6. The molecule has 0 fully saturated rings. The van der Waals surface area contributed by atoms with Crippen LogP contribution >= 0.6 is 11.3 Å². The number of aromatic nitrogens is 4. The Balaban J connectivity index is 1.48.